The van der Waals surface area contributed by atoms with E-state index >= 15 is 0 Å². The molecular formula is C12H11Cl3N2OS. The van der Waals surface area contributed by atoms with Gasteiger partial charge >= 0.3 is 0 Å². The fourth-order valence-electron chi connectivity index (χ4n) is 1.37. The molecule has 1 heterocycles. The van der Waals surface area contributed by atoms with Gasteiger partial charge in [-0.25, -0.2) is 4.98 Å². The van der Waals surface area contributed by atoms with Crippen molar-refractivity contribution in [3.63, 3.8) is 0 Å². The van der Waals surface area contributed by atoms with Crippen LogP contribution in [0.2, 0.25) is 10.0 Å². The van der Waals surface area contributed by atoms with Gasteiger partial charge in [-0.1, -0.05) is 35.0 Å². The van der Waals surface area contributed by atoms with Gasteiger partial charge in [0.25, 0.3) is 0 Å². The summed E-state index contributed by atoms with van der Waals surface area (Å²) in [4.78, 5) is 16.1. The van der Waals surface area contributed by atoms with Gasteiger partial charge in [0.1, 0.15) is 0 Å². The highest BCUT2D eigenvalue weighted by atomic mass is 35.5. The third-order valence-electron chi connectivity index (χ3n) is 2.35. The summed E-state index contributed by atoms with van der Waals surface area (Å²) in [6, 6.07) is 4.89. The Bertz CT molecular complexity index is 586. The minimum atomic E-state index is 0. The highest BCUT2D eigenvalue weighted by Crippen LogP contribution is 2.24. The van der Waals surface area contributed by atoms with Crippen LogP contribution in [0.25, 0.3) is 0 Å². The highest BCUT2D eigenvalue weighted by Gasteiger charge is 2.10. The van der Waals surface area contributed by atoms with Crippen LogP contribution in [0.1, 0.15) is 10.4 Å². The van der Waals surface area contributed by atoms with Crippen molar-refractivity contribution in [3.8, 4) is 0 Å². The standard InChI is InChI=1S/C12H10Cl2N2OS.ClH/c1-16-5-4-15-12(16)18-7-11(17)8-2-3-9(13)10(14)6-8;/h2-6H,7H2,1H3;1H. The quantitative estimate of drug-likeness (QED) is 0.621. The molecule has 0 unspecified atom stereocenters. The number of Topliss-reactive ketones (excluding diaryl/α,β-unsaturated/α-hetero) is 1. The molecular weight excluding hydrogens is 327 g/mol. The van der Waals surface area contributed by atoms with Crippen molar-refractivity contribution in [2.75, 3.05) is 5.75 Å². The number of aromatic nitrogens is 2. The van der Waals surface area contributed by atoms with Gasteiger partial charge in [-0.2, -0.15) is 0 Å². The van der Waals surface area contributed by atoms with Crippen molar-refractivity contribution < 1.29 is 4.79 Å². The summed E-state index contributed by atoms with van der Waals surface area (Å²) >= 11 is 13.1. The van der Waals surface area contributed by atoms with Crippen LogP contribution in [-0.2, 0) is 7.05 Å². The predicted molar refractivity (Wildman–Crippen MR) is 82.0 cm³/mol. The lowest BCUT2D eigenvalue weighted by atomic mass is 10.1. The lowest BCUT2D eigenvalue weighted by Crippen LogP contribution is -2.03. The summed E-state index contributed by atoms with van der Waals surface area (Å²) in [5.74, 6) is 0.324. The third-order valence-corrected chi connectivity index (χ3v) is 4.15. The van der Waals surface area contributed by atoms with Gasteiger partial charge in [-0.05, 0) is 18.2 Å². The number of ketones is 1. The van der Waals surface area contributed by atoms with Crippen molar-refractivity contribution in [3.05, 3.63) is 46.2 Å². The summed E-state index contributed by atoms with van der Waals surface area (Å²) < 4.78 is 1.87. The van der Waals surface area contributed by atoms with Crippen LogP contribution in [0.3, 0.4) is 0 Å². The minimum Gasteiger partial charge on any atom is -0.329 e. The Hall–Kier alpha value is -0.680. The number of carbonyl (C=O) groups is 1. The molecule has 0 aliphatic heterocycles. The molecule has 0 radical (unpaired) electrons. The van der Waals surface area contributed by atoms with E-state index in [1.165, 1.54) is 11.8 Å². The summed E-state index contributed by atoms with van der Waals surface area (Å²) in [6.07, 6.45) is 3.54. The number of thioether (sulfide) groups is 1. The lowest BCUT2D eigenvalue weighted by Gasteiger charge is -2.03. The van der Waals surface area contributed by atoms with E-state index in [9.17, 15) is 4.79 Å². The van der Waals surface area contributed by atoms with Gasteiger partial charge in [-0.3, -0.25) is 4.79 Å². The molecule has 0 fully saturated rings. The van der Waals surface area contributed by atoms with Gasteiger partial charge in [0.05, 0.1) is 15.8 Å². The van der Waals surface area contributed by atoms with Crippen LogP contribution in [-0.4, -0.2) is 21.1 Å². The molecule has 0 N–H and O–H groups in total. The van der Waals surface area contributed by atoms with Crippen molar-refractivity contribution in [1.29, 1.82) is 0 Å². The zero-order valence-electron chi connectivity index (χ0n) is 9.97. The second-order valence-corrected chi connectivity index (χ2v) is 5.42. The van der Waals surface area contributed by atoms with Crippen LogP contribution in [0.15, 0.2) is 35.7 Å². The molecule has 102 valence electrons. The van der Waals surface area contributed by atoms with E-state index in [-0.39, 0.29) is 18.2 Å². The molecule has 0 aliphatic rings. The fraction of sp³-hybridized carbons (Fsp3) is 0.167. The molecule has 1 aromatic heterocycles. The Kier molecular flexibility index (Phi) is 6.20. The lowest BCUT2D eigenvalue weighted by molar-refractivity contribution is 0.102. The van der Waals surface area contributed by atoms with Crippen molar-refractivity contribution in [2.24, 2.45) is 7.05 Å². The van der Waals surface area contributed by atoms with Crippen molar-refractivity contribution >= 4 is 53.2 Å². The van der Waals surface area contributed by atoms with Crippen LogP contribution < -0.4 is 0 Å². The molecule has 0 aliphatic carbocycles. The second kappa shape index (κ2) is 7.20. The first-order valence-corrected chi connectivity index (χ1v) is 6.90. The molecule has 0 spiro atoms. The summed E-state index contributed by atoms with van der Waals surface area (Å²) in [5, 5.41) is 1.65. The smallest absolute Gasteiger partial charge is 0.173 e. The van der Waals surface area contributed by atoms with Gasteiger partial charge in [-0.15, -0.1) is 12.4 Å². The average Bonchev–Trinajstić information content (AvgIpc) is 2.75. The molecule has 0 bridgehead atoms. The van der Waals surface area contributed by atoms with Crippen LogP contribution in [0.5, 0.6) is 0 Å². The molecule has 7 heteroatoms. The molecule has 2 aromatic rings. The number of halogens is 3. The maximum absolute atomic E-state index is 12.0. The first-order chi connectivity index (χ1) is 8.58. The molecule has 3 nitrogen and oxygen atoms in total. The number of rotatable bonds is 4. The zero-order valence-corrected chi connectivity index (χ0v) is 13.1. The Labute approximate surface area is 131 Å². The number of carbonyl (C=O) groups excluding carboxylic acids is 1. The molecule has 1 aromatic carbocycles. The summed E-state index contributed by atoms with van der Waals surface area (Å²) in [6.45, 7) is 0. The Morgan fingerprint density at radius 1 is 1.37 bits per heavy atom. The number of aryl methyl sites for hydroxylation is 1. The van der Waals surface area contributed by atoms with E-state index in [1.54, 1.807) is 24.4 Å². The fourth-order valence-corrected chi connectivity index (χ4v) is 2.50. The second-order valence-electron chi connectivity index (χ2n) is 3.66. The van der Waals surface area contributed by atoms with E-state index < -0.39 is 0 Å². The number of hydrogen-bond acceptors (Lipinski definition) is 3. The maximum atomic E-state index is 12.0. The summed E-state index contributed by atoms with van der Waals surface area (Å²) in [5.41, 5.74) is 0.561. The normalized spacial score (nSPS) is 10.1. The van der Waals surface area contributed by atoms with Crippen molar-refractivity contribution in [2.45, 2.75) is 5.16 Å². The molecule has 0 saturated heterocycles. The first-order valence-electron chi connectivity index (χ1n) is 5.16. The molecule has 0 saturated carbocycles. The van der Waals surface area contributed by atoms with Crippen molar-refractivity contribution in [1.82, 2.24) is 9.55 Å². The summed E-state index contributed by atoms with van der Waals surface area (Å²) in [7, 11) is 1.89. The highest BCUT2D eigenvalue weighted by molar-refractivity contribution is 7.99. The molecule has 0 amide bonds. The Balaban J connectivity index is 0.00000180. The largest absolute Gasteiger partial charge is 0.329 e. The SMILES string of the molecule is Cl.Cn1ccnc1SCC(=O)c1ccc(Cl)c(Cl)c1. The predicted octanol–water partition coefficient (Wildman–Crippen LogP) is 4.12. The number of benzene rings is 1. The number of nitrogens with zero attached hydrogens (tertiary/aromatic N) is 2. The number of hydrogen-bond donors (Lipinski definition) is 0. The molecule has 0 atom stereocenters. The average molecular weight is 338 g/mol. The maximum Gasteiger partial charge on any atom is 0.173 e. The zero-order chi connectivity index (χ0) is 13.1. The monoisotopic (exact) mass is 336 g/mol. The van der Waals surface area contributed by atoms with Gasteiger partial charge < -0.3 is 4.57 Å². The van der Waals surface area contributed by atoms with Crippen LogP contribution >= 0.6 is 47.4 Å². The van der Waals surface area contributed by atoms with E-state index in [0.29, 0.717) is 21.4 Å². The van der Waals surface area contributed by atoms with Gasteiger partial charge in [0.15, 0.2) is 10.9 Å². The van der Waals surface area contributed by atoms with Gasteiger partial charge in [0.2, 0.25) is 0 Å². The Morgan fingerprint density at radius 2 is 2.11 bits per heavy atom. The van der Waals surface area contributed by atoms with E-state index in [4.69, 9.17) is 23.2 Å². The van der Waals surface area contributed by atoms with Crippen LogP contribution in [0.4, 0.5) is 0 Å². The molecule has 2 rings (SSSR count). The Morgan fingerprint density at radius 3 is 2.68 bits per heavy atom. The minimum absolute atomic E-state index is 0. The van der Waals surface area contributed by atoms with E-state index in [2.05, 4.69) is 4.98 Å². The van der Waals surface area contributed by atoms with Crippen LogP contribution in [0, 0.1) is 0 Å². The van der Waals surface area contributed by atoms with E-state index in [0.717, 1.165) is 5.16 Å². The molecule has 19 heavy (non-hydrogen) atoms. The number of imidazole rings is 1. The third kappa shape index (κ3) is 4.14. The van der Waals surface area contributed by atoms with Gasteiger partial charge in [0, 0.05) is 25.0 Å². The first kappa shape index (κ1) is 16.4. The van der Waals surface area contributed by atoms with E-state index in [1.807, 2.05) is 17.8 Å². The topological polar surface area (TPSA) is 34.9 Å².